The fraction of sp³-hybridized carbons (Fsp3) is 0.333. The molecule has 1 aliphatic heterocycles. The molecule has 1 aliphatic rings. The Kier molecular flexibility index (Phi) is 4.69. The van der Waals surface area contributed by atoms with Crippen LogP contribution in [0.15, 0.2) is 36.9 Å². The summed E-state index contributed by atoms with van der Waals surface area (Å²) >= 11 is 6.04. The Labute approximate surface area is 156 Å². The van der Waals surface area contributed by atoms with Crippen molar-refractivity contribution in [2.45, 2.75) is 13.0 Å². The molecular formula is C18H18ClN7. The first-order valence-electron chi connectivity index (χ1n) is 8.54. The Morgan fingerprint density at radius 2 is 1.96 bits per heavy atom. The predicted molar refractivity (Wildman–Crippen MR) is 99.1 cm³/mol. The smallest absolute Gasteiger partial charge is 0.183 e. The second-order valence-corrected chi connectivity index (χ2v) is 6.74. The van der Waals surface area contributed by atoms with Gasteiger partial charge in [-0.15, -0.1) is 0 Å². The summed E-state index contributed by atoms with van der Waals surface area (Å²) in [6, 6.07) is 5.91. The van der Waals surface area contributed by atoms with E-state index in [0.29, 0.717) is 16.5 Å². The number of halogens is 1. The van der Waals surface area contributed by atoms with Gasteiger partial charge in [0.1, 0.15) is 11.7 Å². The lowest BCUT2D eigenvalue weighted by Gasteiger charge is -2.22. The highest BCUT2D eigenvalue weighted by molar-refractivity contribution is 6.30. The van der Waals surface area contributed by atoms with Gasteiger partial charge in [0, 0.05) is 57.5 Å². The second kappa shape index (κ2) is 7.28. The highest BCUT2D eigenvalue weighted by Crippen LogP contribution is 2.18. The van der Waals surface area contributed by atoms with E-state index in [-0.39, 0.29) is 0 Å². The fourth-order valence-electron chi connectivity index (χ4n) is 3.30. The van der Waals surface area contributed by atoms with Gasteiger partial charge in [-0.1, -0.05) is 11.6 Å². The molecule has 7 nitrogen and oxygen atoms in total. The normalized spacial score (nSPS) is 15.8. The summed E-state index contributed by atoms with van der Waals surface area (Å²) in [6.45, 7) is 4.33. The zero-order valence-corrected chi connectivity index (χ0v) is 15.0. The van der Waals surface area contributed by atoms with Crippen molar-refractivity contribution in [1.29, 1.82) is 5.26 Å². The van der Waals surface area contributed by atoms with Gasteiger partial charge in [0.25, 0.3) is 0 Å². The molecule has 0 spiro atoms. The quantitative estimate of drug-likeness (QED) is 0.707. The standard InChI is InChI=1S/C18H18ClN7/c19-14-2-3-17-23-15(13-26(17)11-14)12-24-6-1-7-25(9-8-24)18-16(10-20)21-4-5-22-18/h2-5,11,13H,1,6-9,12H2. The third-order valence-corrected chi connectivity index (χ3v) is 4.75. The Hall–Kier alpha value is -2.69. The van der Waals surface area contributed by atoms with E-state index >= 15 is 0 Å². The van der Waals surface area contributed by atoms with Gasteiger partial charge in [0.2, 0.25) is 0 Å². The van der Waals surface area contributed by atoms with Gasteiger partial charge in [0.05, 0.1) is 10.7 Å². The minimum Gasteiger partial charge on any atom is -0.353 e. The number of hydrogen-bond donors (Lipinski definition) is 0. The Bertz CT molecular complexity index is 962. The zero-order chi connectivity index (χ0) is 17.9. The van der Waals surface area contributed by atoms with Crippen LogP contribution in [0.3, 0.4) is 0 Å². The van der Waals surface area contributed by atoms with Crippen molar-refractivity contribution in [1.82, 2.24) is 24.3 Å². The molecule has 1 fully saturated rings. The first-order valence-corrected chi connectivity index (χ1v) is 8.92. The lowest BCUT2D eigenvalue weighted by molar-refractivity contribution is 0.282. The molecule has 3 aromatic rings. The number of nitrogens with zero attached hydrogens (tertiary/aromatic N) is 7. The maximum Gasteiger partial charge on any atom is 0.183 e. The van der Waals surface area contributed by atoms with Crippen molar-refractivity contribution in [3.63, 3.8) is 0 Å². The van der Waals surface area contributed by atoms with Gasteiger partial charge in [-0.3, -0.25) is 4.90 Å². The minimum absolute atomic E-state index is 0.387. The van der Waals surface area contributed by atoms with Gasteiger partial charge < -0.3 is 9.30 Å². The van der Waals surface area contributed by atoms with Gasteiger partial charge in [-0.25, -0.2) is 15.0 Å². The molecule has 4 heterocycles. The zero-order valence-electron chi connectivity index (χ0n) is 14.2. The summed E-state index contributed by atoms with van der Waals surface area (Å²) in [5.74, 6) is 0.680. The Morgan fingerprint density at radius 1 is 1.08 bits per heavy atom. The van der Waals surface area contributed by atoms with Crippen molar-refractivity contribution >= 4 is 23.1 Å². The number of imidazole rings is 1. The van der Waals surface area contributed by atoms with E-state index < -0.39 is 0 Å². The van der Waals surface area contributed by atoms with Crippen molar-refractivity contribution in [2.24, 2.45) is 0 Å². The first-order chi connectivity index (χ1) is 12.7. The van der Waals surface area contributed by atoms with Crippen LogP contribution < -0.4 is 4.90 Å². The van der Waals surface area contributed by atoms with Crippen LogP contribution in [0, 0.1) is 11.3 Å². The molecule has 0 amide bonds. The van der Waals surface area contributed by atoms with E-state index in [1.165, 1.54) is 0 Å². The van der Waals surface area contributed by atoms with Gasteiger partial charge >= 0.3 is 0 Å². The van der Waals surface area contributed by atoms with Gasteiger partial charge in [0.15, 0.2) is 11.5 Å². The van der Waals surface area contributed by atoms with Crippen LogP contribution >= 0.6 is 11.6 Å². The van der Waals surface area contributed by atoms with Gasteiger partial charge in [-0.2, -0.15) is 5.26 Å². The average Bonchev–Trinajstić information content (AvgIpc) is 2.90. The van der Waals surface area contributed by atoms with E-state index in [4.69, 9.17) is 11.6 Å². The molecule has 0 N–H and O–H groups in total. The van der Waals surface area contributed by atoms with Crippen LogP contribution in [0.5, 0.6) is 0 Å². The van der Waals surface area contributed by atoms with E-state index in [1.54, 1.807) is 12.4 Å². The predicted octanol–water partition coefficient (Wildman–Crippen LogP) is 2.36. The number of nitriles is 1. The number of aromatic nitrogens is 4. The molecule has 0 bridgehead atoms. The van der Waals surface area contributed by atoms with Crippen LogP contribution in [0.4, 0.5) is 5.82 Å². The molecule has 8 heteroatoms. The average molecular weight is 368 g/mol. The highest BCUT2D eigenvalue weighted by Gasteiger charge is 2.19. The molecule has 0 saturated carbocycles. The lowest BCUT2D eigenvalue weighted by atomic mass is 10.3. The van der Waals surface area contributed by atoms with E-state index in [9.17, 15) is 5.26 Å². The number of hydrogen-bond acceptors (Lipinski definition) is 6. The SMILES string of the molecule is N#Cc1nccnc1N1CCCN(Cc2cn3cc(Cl)ccc3n2)CC1. The van der Waals surface area contributed by atoms with Crippen LogP contribution in [0.2, 0.25) is 5.02 Å². The molecule has 132 valence electrons. The largest absolute Gasteiger partial charge is 0.353 e. The van der Waals surface area contributed by atoms with Crippen molar-refractivity contribution in [3.8, 4) is 6.07 Å². The molecule has 0 aromatic carbocycles. The summed E-state index contributed by atoms with van der Waals surface area (Å²) < 4.78 is 1.96. The first kappa shape index (κ1) is 16.8. The number of anilines is 1. The monoisotopic (exact) mass is 367 g/mol. The molecule has 0 unspecified atom stereocenters. The summed E-state index contributed by atoms with van der Waals surface area (Å²) in [4.78, 5) is 17.7. The number of rotatable bonds is 3. The maximum absolute atomic E-state index is 9.25. The van der Waals surface area contributed by atoms with Crippen molar-refractivity contribution < 1.29 is 0 Å². The Morgan fingerprint density at radius 3 is 2.85 bits per heavy atom. The fourth-order valence-corrected chi connectivity index (χ4v) is 3.47. The molecule has 0 aliphatic carbocycles. The molecular weight excluding hydrogens is 350 g/mol. The van der Waals surface area contributed by atoms with Crippen LogP contribution in [-0.2, 0) is 6.54 Å². The van der Waals surface area contributed by atoms with Crippen LogP contribution in [0.1, 0.15) is 17.8 Å². The second-order valence-electron chi connectivity index (χ2n) is 6.30. The summed E-state index contributed by atoms with van der Waals surface area (Å²) in [5, 5.41) is 9.94. The third-order valence-electron chi connectivity index (χ3n) is 4.52. The summed E-state index contributed by atoms with van der Waals surface area (Å²) in [6.07, 6.45) is 8.10. The topological polar surface area (TPSA) is 73.4 Å². The van der Waals surface area contributed by atoms with E-state index in [2.05, 4.69) is 30.8 Å². The minimum atomic E-state index is 0.387. The number of pyridine rings is 1. The van der Waals surface area contributed by atoms with Gasteiger partial charge in [-0.05, 0) is 18.6 Å². The highest BCUT2D eigenvalue weighted by atomic mass is 35.5. The molecule has 1 saturated heterocycles. The summed E-state index contributed by atoms with van der Waals surface area (Å²) in [7, 11) is 0. The molecule has 26 heavy (non-hydrogen) atoms. The molecule has 4 rings (SSSR count). The Balaban J connectivity index is 1.45. The van der Waals surface area contributed by atoms with E-state index in [1.807, 2.05) is 28.9 Å². The van der Waals surface area contributed by atoms with Crippen LogP contribution in [0.25, 0.3) is 5.65 Å². The molecule has 0 radical (unpaired) electrons. The van der Waals surface area contributed by atoms with Crippen molar-refractivity contribution in [3.05, 3.63) is 53.3 Å². The summed E-state index contributed by atoms with van der Waals surface area (Å²) in [5.41, 5.74) is 2.31. The number of fused-ring (bicyclic) bond motifs is 1. The van der Waals surface area contributed by atoms with Crippen LogP contribution in [-0.4, -0.2) is 50.4 Å². The van der Waals surface area contributed by atoms with E-state index in [0.717, 1.165) is 50.5 Å². The lowest BCUT2D eigenvalue weighted by Crippen LogP contribution is -2.31. The molecule has 3 aromatic heterocycles. The van der Waals surface area contributed by atoms with Crippen molar-refractivity contribution in [2.75, 3.05) is 31.1 Å². The third kappa shape index (κ3) is 3.47. The maximum atomic E-state index is 9.25. The molecule has 0 atom stereocenters.